The van der Waals surface area contributed by atoms with E-state index in [1.165, 1.54) is 6.07 Å². The van der Waals surface area contributed by atoms with E-state index in [0.717, 1.165) is 0 Å². The number of benzene rings is 2. The van der Waals surface area contributed by atoms with Gasteiger partial charge in [0.05, 0.1) is 15.7 Å². The fourth-order valence-electron chi connectivity index (χ4n) is 1.93. The molecule has 0 aromatic heterocycles. The second kappa shape index (κ2) is 6.27. The highest BCUT2D eigenvalue weighted by molar-refractivity contribution is 6.39. The third-order valence-corrected chi connectivity index (χ3v) is 3.47. The molecule has 0 aliphatic rings. The number of halogens is 3. The molecule has 2 aromatic rings. The van der Waals surface area contributed by atoms with Gasteiger partial charge in [-0.1, -0.05) is 47.5 Å². The molecule has 1 N–H and O–H groups in total. The Morgan fingerprint density at radius 1 is 1.05 bits per heavy atom. The van der Waals surface area contributed by atoms with Gasteiger partial charge >= 0.3 is 0 Å². The summed E-state index contributed by atoms with van der Waals surface area (Å²) in [6.07, 6.45) is 0.564. The molecule has 0 saturated carbocycles. The summed E-state index contributed by atoms with van der Waals surface area (Å²) >= 11 is 12.2. The molecule has 19 heavy (non-hydrogen) atoms. The van der Waals surface area contributed by atoms with Crippen LogP contribution in [0.15, 0.2) is 42.5 Å². The van der Waals surface area contributed by atoms with Crippen LogP contribution in [-0.2, 0) is 6.42 Å². The predicted octanol–water partition coefficient (Wildman–Crippen LogP) is 5.18. The lowest BCUT2D eigenvalue weighted by atomic mass is 10.1. The van der Waals surface area contributed by atoms with Crippen molar-refractivity contribution in [3.05, 3.63) is 63.9 Å². The summed E-state index contributed by atoms with van der Waals surface area (Å²) in [6.45, 7) is 1.96. The fraction of sp³-hybridized carbons (Fsp3) is 0.200. The van der Waals surface area contributed by atoms with Crippen LogP contribution >= 0.6 is 23.2 Å². The Morgan fingerprint density at radius 3 is 2.32 bits per heavy atom. The molecule has 0 aliphatic carbocycles. The number of hydrogen-bond donors (Lipinski definition) is 1. The van der Waals surface area contributed by atoms with Crippen molar-refractivity contribution in [2.75, 3.05) is 5.32 Å². The quantitative estimate of drug-likeness (QED) is 0.820. The summed E-state index contributed by atoms with van der Waals surface area (Å²) < 4.78 is 13.6. The first kappa shape index (κ1) is 14.2. The maximum Gasteiger partial charge on any atom is 0.126 e. The summed E-state index contributed by atoms with van der Waals surface area (Å²) in [5.41, 5.74) is 1.36. The topological polar surface area (TPSA) is 12.0 Å². The summed E-state index contributed by atoms with van der Waals surface area (Å²) in [5.74, 6) is -0.193. The summed E-state index contributed by atoms with van der Waals surface area (Å²) in [4.78, 5) is 0. The molecule has 100 valence electrons. The first-order valence-corrected chi connectivity index (χ1v) is 6.77. The third-order valence-electron chi connectivity index (χ3n) is 2.84. The van der Waals surface area contributed by atoms with Crippen LogP contribution in [0.4, 0.5) is 10.1 Å². The Hall–Kier alpha value is -1.25. The van der Waals surface area contributed by atoms with Gasteiger partial charge in [-0.2, -0.15) is 0 Å². The van der Waals surface area contributed by atoms with Crippen molar-refractivity contribution in [1.29, 1.82) is 0 Å². The number of anilines is 1. The Kier molecular flexibility index (Phi) is 4.67. The molecular weight excluding hydrogens is 284 g/mol. The van der Waals surface area contributed by atoms with Crippen LogP contribution in [0.5, 0.6) is 0 Å². The van der Waals surface area contributed by atoms with Gasteiger partial charge < -0.3 is 5.32 Å². The molecule has 0 spiro atoms. The lowest BCUT2D eigenvalue weighted by Crippen LogP contribution is -2.19. The van der Waals surface area contributed by atoms with Crippen molar-refractivity contribution in [3.8, 4) is 0 Å². The van der Waals surface area contributed by atoms with E-state index < -0.39 is 0 Å². The molecule has 2 aromatic carbocycles. The third kappa shape index (κ3) is 3.62. The zero-order valence-electron chi connectivity index (χ0n) is 10.5. The van der Waals surface area contributed by atoms with Crippen LogP contribution in [0.2, 0.25) is 10.0 Å². The maximum absolute atomic E-state index is 13.6. The molecule has 1 atom stereocenters. The second-order valence-corrected chi connectivity index (χ2v) is 5.25. The molecule has 0 radical (unpaired) electrons. The first-order chi connectivity index (χ1) is 9.08. The van der Waals surface area contributed by atoms with Gasteiger partial charge in [-0.05, 0) is 37.1 Å². The van der Waals surface area contributed by atoms with E-state index >= 15 is 0 Å². The predicted molar refractivity (Wildman–Crippen MR) is 79.7 cm³/mol. The Labute approximate surface area is 122 Å². The second-order valence-electron chi connectivity index (χ2n) is 4.44. The van der Waals surface area contributed by atoms with Gasteiger partial charge in [-0.25, -0.2) is 4.39 Å². The lowest BCUT2D eigenvalue weighted by Gasteiger charge is -2.17. The lowest BCUT2D eigenvalue weighted by molar-refractivity contribution is 0.601. The average Bonchev–Trinajstić information content (AvgIpc) is 2.37. The fourth-order valence-corrected chi connectivity index (χ4v) is 2.43. The van der Waals surface area contributed by atoms with E-state index in [1.54, 1.807) is 30.3 Å². The minimum atomic E-state index is -0.193. The molecule has 4 heteroatoms. The smallest absolute Gasteiger partial charge is 0.126 e. The molecule has 0 heterocycles. The van der Waals surface area contributed by atoms with Gasteiger partial charge in [0.25, 0.3) is 0 Å². The van der Waals surface area contributed by atoms with Crippen molar-refractivity contribution in [1.82, 2.24) is 0 Å². The summed E-state index contributed by atoms with van der Waals surface area (Å²) in [7, 11) is 0. The van der Waals surface area contributed by atoms with Crippen LogP contribution in [0.1, 0.15) is 12.5 Å². The first-order valence-electron chi connectivity index (χ1n) is 6.02. The summed E-state index contributed by atoms with van der Waals surface area (Å²) in [6, 6.07) is 12.1. The maximum atomic E-state index is 13.6. The van der Waals surface area contributed by atoms with Crippen molar-refractivity contribution >= 4 is 28.9 Å². The zero-order chi connectivity index (χ0) is 13.8. The minimum absolute atomic E-state index is 0.0225. The van der Waals surface area contributed by atoms with Crippen LogP contribution in [-0.4, -0.2) is 6.04 Å². The largest absolute Gasteiger partial charge is 0.380 e. The van der Waals surface area contributed by atoms with Crippen molar-refractivity contribution < 1.29 is 4.39 Å². The van der Waals surface area contributed by atoms with E-state index in [0.29, 0.717) is 27.7 Å². The Balaban J connectivity index is 2.10. The van der Waals surface area contributed by atoms with Gasteiger partial charge in [-0.15, -0.1) is 0 Å². The molecule has 0 aliphatic heterocycles. The van der Waals surface area contributed by atoms with E-state index in [9.17, 15) is 4.39 Å². The van der Waals surface area contributed by atoms with Crippen LogP contribution in [0.3, 0.4) is 0 Å². The molecule has 0 amide bonds. The molecule has 1 nitrogen and oxygen atoms in total. The van der Waals surface area contributed by atoms with E-state index in [4.69, 9.17) is 23.2 Å². The van der Waals surface area contributed by atoms with Gasteiger partial charge in [0.15, 0.2) is 0 Å². The minimum Gasteiger partial charge on any atom is -0.380 e. The van der Waals surface area contributed by atoms with Crippen molar-refractivity contribution in [3.63, 3.8) is 0 Å². The highest BCUT2D eigenvalue weighted by atomic mass is 35.5. The zero-order valence-corrected chi connectivity index (χ0v) is 12.0. The standard InChI is InChI=1S/C15H14Cl2FN/c1-10(9-11-5-2-3-8-14(11)18)19-15-12(16)6-4-7-13(15)17/h2-8,10,19H,9H2,1H3. The number of rotatable bonds is 4. The van der Waals surface area contributed by atoms with E-state index in [-0.39, 0.29) is 11.9 Å². The van der Waals surface area contributed by atoms with Crippen LogP contribution in [0.25, 0.3) is 0 Å². The number of para-hydroxylation sites is 1. The van der Waals surface area contributed by atoms with Gasteiger partial charge in [0.1, 0.15) is 5.82 Å². The summed E-state index contributed by atoms with van der Waals surface area (Å²) in [5, 5.41) is 4.35. The van der Waals surface area contributed by atoms with Crippen molar-refractivity contribution in [2.45, 2.75) is 19.4 Å². The molecular formula is C15H14Cl2FN. The normalized spacial score (nSPS) is 12.2. The molecule has 0 saturated heterocycles. The van der Waals surface area contributed by atoms with Crippen LogP contribution < -0.4 is 5.32 Å². The van der Waals surface area contributed by atoms with Gasteiger partial charge in [-0.3, -0.25) is 0 Å². The average molecular weight is 298 g/mol. The molecule has 2 rings (SSSR count). The van der Waals surface area contributed by atoms with Gasteiger partial charge in [0, 0.05) is 6.04 Å². The molecule has 0 bridgehead atoms. The number of hydrogen-bond acceptors (Lipinski definition) is 1. The Bertz CT molecular complexity index is 552. The monoisotopic (exact) mass is 297 g/mol. The van der Waals surface area contributed by atoms with E-state index in [2.05, 4.69) is 5.32 Å². The van der Waals surface area contributed by atoms with Crippen molar-refractivity contribution in [2.24, 2.45) is 0 Å². The molecule has 1 unspecified atom stereocenters. The molecule has 0 fully saturated rings. The van der Waals surface area contributed by atoms with E-state index in [1.807, 2.05) is 13.0 Å². The highest BCUT2D eigenvalue weighted by Gasteiger charge is 2.11. The van der Waals surface area contributed by atoms with Gasteiger partial charge in [0.2, 0.25) is 0 Å². The Morgan fingerprint density at radius 2 is 1.68 bits per heavy atom. The highest BCUT2D eigenvalue weighted by Crippen LogP contribution is 2.30. The SMILES string of the molecule is CC(Cc1ccccc1F)Nc1c(Cl)cccc1Cl. The number of nitrogens with one attached hydrogen (secondary N) is 1. The van der Waals surface area contributed by atoms with Crippen LogP contribution in [0, 0.1) is 5.82 Å².